The zero-order valence-electron chi connectivity index (χ0n) is 9.85. The molecule has 0 aliphatic carbocycles. The topological polar surface area (TPSA) is 63.6 Å². The lowest BCUT2D eigenvalue weighted by Gasteiger charge is -2.06. The first-order chi connectivity index (χ1) is 8.54. The Balaban J connectivity index is 2.84. The highest BCUT2D eigenvalue weighted by Gasteiger charge is 2.07. The molecule has 0 atom stereocenters. The molecule has 0 fully saturated rings. The maximum atomic E-state index is 11.1. The van der Waals surface area contributed by atoms with Gasteiger partial charge in [0, 0.05) is 17.0 Å². The number of methoxy groups -OCH3 is 1. The number of halogens is 1. The van der Waals surface area contributed by atoms with Gasteiger partial charge in [0.25, 0.3) is 0 Å². The van der Waals surface area contributed by atoms with E-state index in [9.17, 15) is 9.59 Å². The Bertz CT molecular complexity index is 480. The van der Waals surface area contributed by atoms with Gasteiger partial charge in [0.1, 0.15) is 0 Å². The highest BCUT2D eigenvalue weighted by Crippen LogP contribution is 2.24. The second-order valence-electron chi connectivity index (χ2n) is 3.57. The molecule has 0 heterocycles. The number of aliphatic carboxylic acids is 1. The van der Waals surface area contributed by atoms with Gasteiger partial charge >= 0.3 is 11.9 Å². The number of aryl methyl sites for hydroxylation is 1. The quantitative estimate of drug-likeness (QED) is 0.670. The number of carbonyl (C=O) groups is 2. The molecular weight excluding hydrogens is 300 g/mol. The molecule has 1 rings (SSSR count). The fraction of sp³-hybridized carbons (Fsp3) is 0.231. The Morgan fingerprint density at radius 1 is 1.44 bits per heavy atom. The van der Waals surface area contributed by atoms with Crippen LogP contribution in [0, 0.1) is 0 Å². The average Bonchev–Trinajstić information content (AvgIpc) is 2.35. The third kappa shape index (κ3) is 4.33. The van der Waals surface area contributed by atoms with E-state index in [4.69, 9.17) is 5.11 Å². The smallest absolute Gasteiger partial charge is 0.328 e. The Hall–Kier alpha value is -1.62. The largest absolute Gasteiger partial charge is 0.478 e. The summed E-state index contributed by atoms with van der Waals surface area (Å²) in [7, 11) is 1.35. The molecular formula is C13H13BrO4. The zero-order valence-corrected chi connectivity index (χ0v) is 11.4. The van der Waals surface area contributed by atoms with Crippen molar-refractivity contribution in [3.05, 3.63) is 39.9 Å². The number of esters is 1. The van der Waals surface area contributed by atoms with E-state index in [1.54, 1.807) is 6.07 Å². The number of hydrogen-bond acceptors (Lipinski definition) is 3. The highest BCUT2D eigenvalue weighted by atomic mass is 79.9. The number of hydrogen-bond donors (Lipinski definition) is 1. The monoisotopic (exact) mass is 312 g/mol. The number of carbonyl (C=O) groups excluding carboxylic acids is 1. The number of carboxylic acid groups (broad SMARTS) is 1. The van der Waals surface area contributed by atoms with Gasteiger partial charge in [-0.1, -0.05) is 18.2 Å². The Kier molecular flexibility index (Phi) is 5.58. The molecule has 0 radical (unpaired) electrons. The molecule has 1 N–H and O–H groups in total. The molecule has 18 heavy (non-hydrogen) atoms. The minimum Gasteiger partial charge on any atom is -0.478 e. The lowest BCUT2D eigenvalue weighted by molar-refractivity contribution is -0.140. The molecule has 1 aromatic rings. The van der Waals surface area contributed by atoms with Crippen LogP contribution in [0.4, 0.5) is 0 Å². The number of ether oxygens (including phenoxy) is 1. The summed E-state index contributed by atoms with van der Waals surface area (Å²) in [6.45, 7) is 0. The molecule has 0 aliphatic heterocycles. The maximum absolute atomic E-state index is 11.1. The number of rotatable bonds is 5. The van der Waals surface area contributed by atoms with E-state index in [0.29, 0.717) is 12.8 Å². The van der Waals surface area contributed by atoms with E-state index >= 15 is 0 Å². The first kappa shape index (κ1) is 14.4. The summed E-state index contributed by atoms with van der Waals surface area (Å²) < 4.78 is 5.37. The summed E-state index contributed by atoms with van der Waals surface area (Å²) in [4.78, 5) is 21.5. The van der Waals surface area contributed by atoms with Gasteiger partial charge in [-0.15, -0.1) is 0 Å². The highest BCUT2D eigenvalue weighted by molar-refractivity contribution is 9.10. The van der Waals surface area contributed by atoms with Crippen molar-refractivity contribution < 1.29 is 19.4 Å². The third-order valence-corrected chi connectivity index (χ3v) is 3.31. The molecule has 0 saturated carbocycles. The lowest BCUT2D eigenvalue weighted by Crippen LogP contribution is -2.02. The lowest BCUT2D eigenvalue weighted by atomic mass is 10.1. The van der Waals surface area contributed by atoms with Crippen LogP contribution < -0.4 is 0 Å². The van der Waals surface area contributed by atoms with Crippen LogP contribution in [-0.4, -0.2) is 24.2 Å². The molecule has 0 unspecified atom stereocenters. The molecule has 0 spiro atoms. The zero-order chi connectivity index (χ0) is 13.5. The van der Waals surface area contributed by atoms with E-state index in [-0.39, 0.29) is 5.97 Å². The molecule has 0 aromatic heterocycles. The van der Waals surface area contributed by atoms with Gasteiger partial charge in [0.15, 0.2) is 0 Å². The van der Waals surface area contributed by atoms with Crippen LogP contribution in [0.25, 0.3) is 6.08 Å². The summed E-state index contributed by atoms with van der Waals surface area (Å²) in [5.41, 5.74) is 1.70. The first-order valence-electron chi connectivity index (χ1n) is 5.30. The predicted octanol–water partition coefficient (Wildman–Crippen LogP) is 2.65. The van der Waals surface area contributed by atoms with Crippen molar-refractivity contribution in [1.82, 2.24) is 0 Å². The van der Waals surface area contributed by atoms with Crippen molar-refractivity contribution in [2.45, 2.75) is 12.8 Å². The van der Waals surface area contributed by atoms with Gasteiger partial charge in [0.2, 0.25) is 0 Å². The SMILES string of the molecule is COC(=O)CCc1cccc(/C=C/C(=O)O)c1Br. The maximum Gasteiger partial charge on any atom is 0.328 e. The minimum atomic E-state index is -0.998. The van der Waals surface area contributed by atoms with Crippen LogP contribution in [0.2, 0.25) is 0 Å². The van der Waals surface area contributed by atoms with Crippen LogP contribution in [0.1, 0.15) is 17.5 Å². The second kappa shape index (κ2) is 6.96. The molecule has 0 bridgehead atoms. The summed E-state index contributed by atoms with van der Waals surface area (Å²) >= 11 is 3.41. The van der Waals surface area contributed by atoms with Crippen LogP contribution in [-0.2, 0) is 20.7 Å². The average molecular weight is 313 g/mol. The van der Waals surface area contributed by atoms with E-state index in [1.165, 1.54) is 13.2 Å². The van der Waals surface area contributed by atoms with E-state index in [0.717, 1.165) is 21.7 Å². The fourth-order valence-corrected chi connectivity index (χ4v) is 2.02. The minimum absolute atomic E-state index is 0.270. The van der Waals surface area contributed by atoms with Crippen LogP contribution in [0.3, 0.4) is 0 Å². The molecule has 0 aliphatic rings. The van der Waals surface area contributed by atoms with Gasteiger partial charge < -0.3 is 9.84 Å². The predicted molar refractivity (Wildman–Crippen MR) is 71.1 cm³/mol. The Labute approximate surface area is 113 Å². The van der Waals surface area contributed by atoms with Crippen molar-refractivity contribution in [2.75, 3.05) is 7.11 Å². The van der Waals surface area contributed by atoms with Crippen LogP contribution in [0.5, 0.6) is 0 Å². The molecule has 96 valence electrons. The third-order valence-electron chi connectivity index (χ3n) is 2.34. The standard InChI is InChI=1S/C13H13BrO4/c1-18-12(17)8-6-10-4-2-3-9(13(10)14)5-7-11(15)16/h2-5,7H,6,8H2,1H3,(H,15,16)/b7-5+. The molecule has 4 nitrogen and oxygen atoms in total. The van der Waals surface area contributed by atoms with Crippen molar-refractivity contribution in [2.24, 2.45) is 0 Å². The van der Waals surface area contributed by atoms with E-state index in [2.05, 4.69) is 20.7 Å². The molecule has 0 saturated heterocycles. The molecule has 0 amide bonds. The normalized spacial score (nSPS) is 10.6. The molecule has 1 aromatic carbocycles. The summed E-state index contributed by atoms with van der Waals surface area (Å²) in [6, 6.07) is 5.50. The summed E-state index contributed by atoms with van der Waals surface area (Å²) in [5.74, 6) is -1.27. The number of carboxylic acids is 1. The Morgan fingerprint density at radius 2 is 2.17 bits per heavy atom. The van der Waals surface area contributed by atoms with Crippen molar-refractivity contribution in [3.8, 4) is 0 Å². The second-order valence-corrected chi connectivity index (χ2v) is 4.36. The molecule has 5 heteroatoms. The van der Waals surface area contributed by atoms with Gasteiger partial charge in [-0.2, -0.15) is 0 Å². The van der Waals surface area contributed by atoms with Crippen molar-refractivity contribution >= 4 is 33.9 Å². The van der Waals surface area contributed by atoms with Gasteiger partial charge in [-0.25, -0.2) is 4.79 Å². The van der Waals surface area contributed by atoms with Gasteiger partial charge in [-0.3, -0.25) is 4.79 Å². The van der Waals surface area contributed by atoms with Gasteiger partial charge in [0.05, 0.1) is 7.11 Å². The van der Waals surface area contributed by atoms with Crippen molar-refractivity contribution in [3.63, 3.8) is 0 Å². The number of benzene rings is 1. The van der Waals surface area contributed by atoms with Crippen LogP contribution >= 0.6 is 15.9 Å². The summed E-state index contributed by atoms with van der Waals surface area (Å²) in [6.07, 6.45) is 3.42. The Morgan fingerprint density at radius 3 is 2.78 bits per heavy atom. The fourth-order valence-electron chi connectivity index (χ4n) is 1.42. The van der Waals surface area contributed by atoms with Crippen LogP contribution in [0.15, 0.2) is 28.7 Å². The van der Waals surface area contributed by atoms with Gasteiger partial charge in [-0.05, 0) is 39.6 Å². The summed E-state index contributed by atoms with van der Waals surface area (Å²) in [5, 5.41) is 8.58. The van der Waals surface area contributed by atoms with Crippen molar-refractivity contribution in [1.29, 1.82) is 0 Å². The first-order valence-corrected chi connectivity index (χ1v) is 6.09. The van der Waals surface area contributed by atoms with E-state index in [1.807, 2.05) is 12.1 Å². The van der Waals surface area contributed by atoms with E-state index < -0.39 is 5.97 Å².